The maximum atomic E-state index is 13.6. The lowest BCUT2D eigenvalue weighted by atomic mass is 10.0. The molecule has 2 atom stereocenters. The maximum absolute atomic E-state index is 13.6. The molecule has 4 nitrogen and oxygen atoms in total. The van der Waals surface area contributed by atoms with Crippen LogP contribution in [0, 0.1) is 5.82 Å². The second kappa shape index (κ2) is 6.41. The first kappa shape index (κ1) is 16.0. The lowest BCUT2D eigenvalue weighted by molar-refractivity contribution is 0.349. The lowest BCUT2D eigenvalue weighted by Gasteiger charge is -2.29. The predicted octanol–water partition coefficient (Wildman–Crippen LogP) is 3.72. The van der Waals surface area contributed by atoms with E-state index in [0.29, 0.717) is 23.3 Å². The standard InChI is InChI=1S/C20H20FN3O/c1-13(14-6-3-2-4-7-14)22-17-8-5-11-24-19(17)23-18-12-15(21)9-10-16(18)20(24)25/h2-4,6-7,9-10,12-13,17,22H,5,8,11H2,1H3. The van der Waals surface area contributed by atoms with Crippen LogP contribution in [0.15, 0.2) is 53.3 Å². The Morgan fingerprint density at radius 3 is 2.84 bits per heavy atom. The van der Waals surface area contributed by atoms with Gasteiger partial charge in [-0.3, -0.25) is 9.36 Å². The van der Waals surface area contributed by atoms with E-state index in [1.807, 2.05) is 18.2 Å². The highest BCUT2D eigenvalue weighted by Crippen LogP contribution is 2.27. The summed E-state index contributed by atoms with van der Waals surface area (Å²) in [5.74, 6) is 0.333. The Morgan fingerprint density at radius 2 is 2.04 bits per heavy atom. The van der Waals surface area contributed by atoms with E-state index in [4.69, 9.17) is 0 Å². The van der Waals surface area contributed by atoms with Crippen molar-refractivity contribution in [3.8, 4) is 0 Å². The molecule has 1 aromatic heterocycles. The summed E-state index contributed by atoms with van der Waals surface area (Å²) in [5.41, 5.74) is 1.53. The Morgan fingerprint density at radius 1 is 1.24 bits per heavy atom. The van der Waals surface area contributed by atoms with Crippen molar-refractivity contribution in [2.24, 2.45) is 0 Å². The van der Waals surface area contributed by atoms with Crippen LogP contribution in [-0.4, -0.2) is 9.55 Å². The summed E-state index contributed by atoms with van der Waals surface area (Å²) in [4.78, 5) is 17.4. The van der Waals surface area contributed by atoms with Crippen molar-refractivity contribution >= 4 is 10.9 Å². The normalized spacial score (nSPS) is 18.1. The van der Waals surface area contributed by atoms with Gasteiger partial charge in [0.1, 0.15) is 11.6 Å². The Hall–Kier alpha value is -2.53. The number of hydrogen-bond donors (Lipinski definition) is 1. The van der Waals surface area contributed by atoms with E-state index in [0.717, 1.165) is 12.8 Å². The number of aromatic nitrogens is 2. The SMILES string of the molecule is CC(NC1CCCn2c1nc1cc(F)ccc1c2=O)c1ccccc1. The molecule has 1 aliphatic heterocycles. The Labute approximate surface area is 145 Å². The van der Waals surface area contributed by atoms with Crippen molar-refractivity contribution in [1.29, 1.82) is 0 Å². The molecule has 0 saturated heterocycles. The van der Waals surface area contributed by atoms with Gasteiger partial charge in [0.25, 0.3) is 5.56 Å². The van der Waals surface area contributed by atoms with Gasteiger partial charge in [0.15, 0.2) is 0 Å². The number of benzene rings is 2. The highest BCUT2D eigenvalue weighted by molar-refractivity contribution is 5.77. The van der Waals surface area contributed by atoms with E-state index in [1.165, 1.54) is 23.8 Å². The van der Waals surface area contributed by atoms with Gasteiger partial charge in [0.2, 0.25) is 0 Å². The van der Waals surface area contributed by atoms with Crippen molar-refractivity contribution < 1.29 is 4.39 Å². The van der Waals surface area contributed by atoms with Crippen LogP contribution in [0.1, 0.15) is 43.2 Å². The Bertz CT molecular complexity index is 968. The van der Waals surface area contributed by atoms with E-state index < -0.39 is 0 Å². The van der Waals surface area contributed by atoms with Gasteiger partial charge in [-0.05, 0) is 37.5 Å². The first-order valence-corrected chi connectivity index (χ1v) is 8.64. The van der Waals surface area contributed by atoms with Crippen LogP contribution < -0.4 is 10.9 Å². The van der Waals surface area contributed by atoms with Gasteiger partial charge in [-0.1, -0.05) is 30.3 Å². The molecule has 2 aromatic carbocycles. The van der Waals surface area contributed by atoms with Crippen molar-refractivity contribution in [3.63, 3.8) is 0 Å². The van der Waals surface area contributed by atoms with Gasteiger partial charge in [0.05, 0.1) is 16.9 Å². The maximum Gasteiger partial charge on any atom is 0.261 e. The van der Waals surface area contributed by atoms with E-state index in [2.05, 4.69) is 29.4 Å². The molecule has 0 bridgehead atoms. The fraction of sp³-hybridized carbons (Fsp3) is 0.300. The predicted molar refractivity (Wildman–Crippen MR) is 95.9 cm³/mol. The monoisotopic (exact) mass is 337 g/mol. The molecule has 2 unspecified atom stereocenters. The van der Waals surface area contributed by atoms with Crippen LogP contribution in [0.2, 0.25) is 0 Å². The van der Waals surface area contributed by atoms with Crippen LogP contribution in [-0.2, 0) is 6.54 Å². The molecule has 0 amide bonds. The van der Waals surface area contributed by atoms with Crippen LogP contribution in [0.4, 0.5) is 4.39 Å². The van der Waals surface area contributed by atoms with Gasteiger partial charge in [-0.15, -0.1) is 0 Å². The number of halogens is 1. The summed E-state index contributed by atoms with van der Waals surface area (Å²) < 4.78 is 15.3. The highest BCUT2D eigenvalue weighted by Gasteiger charge is 2.25. The van der Waals surface area contributed by atoms with E-state index in [-0.39, 0.29) is 23.5 Å². The molecule has 2 heterocycles. The minimum Gasteiger partial charge on any atom is -0.301 e. The number of nitrogens with zero attached hydrogens (tertiary/aromatic N) is 2. The topological polar surface area (TPSA) is 46.9 Å². The van der Waals surface area contributed by atoms with E-state index in [9.17, 15) is 9.18 Å². The zero-order chi connectivity index (χ0) is 17.4. The summed E-state index contributed by atoms with van der Waals surface area (Å²) in [6, 6.07) is 14.5. The molecule has 0 spiro atoms. The van der Waals surface area contributed by atoms with Crippen molar-refractivity contribution in [2.75, 3.05) is 0 Å². The minimum atomic E-state index is -0.373. The average Bonchev–Trinajstić information content (AvgIpc) is 2.63. The molecule has 0 aliphatic carbocycles. The third kappa shape index (κ3) is 2.96. The highest BCUT2D eigenvalue weighted by atomic mass is 19.1. The summed E-state index contributed by atoms with van der Waals surface area (Å²) in [6.45, 7) is 2.76. The molecule has 5 heteroatoms. The molecule has 0 fully saturated rings. The third-order valence-electron chi connectivity index (χ3n) is 4.88. The van der Waals surface area contributed by atoms with Crippen LogP contribution >= 0.6 is 0 Å². The van der Waals surface area contributed by atoms with Gasteiger partial charge >= 0.3 is 0 Å². The van der Waals surface area contributed by atoms with Gasteiger partial charge in [-0.25, -0.2) is 9.37 Å². The van der Waals surface area contributed by atoms with Crippen molar-refractivity contribution in [2.45, 2.75) is 38.4 Å². The van der Waals surface area contributed by atoms with Gasteiger partial charge in [0, 0.05) is 18.7 Å². The molecule has 3 aromatic rings. The second-order valence-electron chi connectivity index (χ2n) is 6.58. The minimum absolute atomic E-state index is 0.0238. The molecule has 4 rings (SSSR count). The Balaban J connectivity index is 1.74. The smallest absolute Gasteiger partial charge is 0.261 e. The molecule has 0 radical (unpaired) electrons. The summed E-state index contributed by atoms with van der Waals surface area (Å²) >= 11 is 0. The molecule has 0 saturated carbocycles. The quantitative estimate of drug-likeness (QED) is 0.792. The number of fused-ring (bicyclic) bond motifs is 2. The summed E-state index contributed by atoms with van der Waals surface area (Å²) in [7, 11) is 0. The van der Waals surface area contributed by atoms with Gasteiger partial charge in [-0.2, -0.15) is 0 Å². The van der Waals surface area contributed by atoms with Crippen LogP contribution in [0.5, 0.6) is 0 Å². The zero-order valence-corrected chi connectivity index (χ0v) is 14.1. The first-order valence-electron chi connectivity index (χ1n) is 8.64. The van der Waals surface area contributed by atoms with Crippen LogP contribution in [0.3, 0.4) is 0 Å². The fourth-order valence-corrected chi connectivity index (χ4v) is 3.57. The summed E-state index contributed by atoms with van der Waals surface area (Å²) in [6.07, 6.45) is 1.82. The van der Waals surface area contributed by atoms with Crippen molar-refractivity contribution in [1.82, 2.24) is 14.9 Å². The number of rotatable bonds is 3. The molecular weight excluding hydrogens is 317 g/mol. The van der Waals surface area contributed by atoms with E-state index >= 15 is 0 Å². The molecule has 1 aliphatic rings. The second-order valence-corrected chi connectivity index (χ2v) is 6.58. The number of hydrogen-bond acceptors (Lipinski definition) is 3. The van der Waals surface area contributed by atoms with Crippen molar-refractivity contribution in [3.05, 3.63) is 76.1 Å². The molecular formula is C20H20FN3O. The average molecular weight is 337 g/mol. The largest absolute Gasteiger partial charge is 0.301 e. The zero-order valence-electron chi connectivity index (χ0n) is 14.1. The molecule has 25 heavy (non-hydrogen) atoms. The van der Waals surface area contributed by atoms with Crippen LogP contribution in [0.25, 0.3) is 10.9 Å². The first-order chi connectivity index (χ1) is 12.1. The Kier molecular flexibility index (Phi) is 4.09. The van der Waals surface area contributed by atoms with Gasteiger partial charge < -0.3 is 5.32 Å². The third-order valence-corrected chi connectivity index (χ3v) is 4.88. The van der Waals surface area contributed by atoms with E-state index in [1.54, 1.807) is 4.57 Å². The number of nitrogens with one attached hydrogen (secondary N) is 1. The summed E-state index contributed by atoms with van der Waals surface area (Å²) in [5, 5.41) is 4.06. The molecule has 1 N–H and O–H groups in total. The fourth-order valence-electron chi connectivity index (χ4n) is 3.57. The lowest BCUT2D eigenvalue weighted by Crippen LogP contribution is -2.36. The molecule has 128 valence electrons.